The van der Waals surface area contributed by atoms with Crippen molar-refractivity contribution in [2.75, 3.05) is 6.61 Å². The molecule has 1 aliphatic rings. The van der Waals surface area contributed by atoms with Gasteiger partial charge in [-0.2, -0.15) is 0 Å². The van der Waals surface area contributed by atoms with Crippen molar-refractivity contribution in [3.63, 3.8) is 0 Å². The van der Waals surface area contributed by atoms with Crippen molar-refractivity contribution < 1.29 is 28.6 Å². The number of carbonyl (C=O) groups is 2. The van der Waals surface area contributed by atoms with E-state index in [9.17, 15) is 29.8 Å². The van der Waals surface area contributed by atoms with Gasteiger partial charge in [-0.05, 0) is 37.4 Å². The Hall–Kier alpha value is -2.86. The summed E-state index contributed by atoms with van der Waals surface area (Å²) in [7, 11) is -1.32. The summed E-state index contributed by atoms with van der Waals surface area (Å²) in [5.41, 5.74) is -1.43. The summed E-state index contributed by atoms with van der Waals surface area (Å²) in [6, 6.07) is 2.27. The van der Waals surface area contributed by atoms with Crippen LogP contribution in [-0.2, 0) is 14.0 Å². The Balaban J connectivity index is 2.22. The van der Waals surface area contributed by atoms with Gasteiger partial charge in [0.05, 0.1) is 33.8 Å². The number of ether oxygens (including phenoxy) is 1. The van der Waals surface area contributed by atoms with E-state index in [-0.39, 0.29) is 23.0 Å². The lowest BCUT2D eigenvalue weighted by atomic mass is 9.65. The van der Waals surface area contributed by atoms with Gasteiger partial charge >= 0.3 is 11.7 Å². The van der Waals surface area contributed by atoms with Crippen molar-refractivity contribution in [1.82, 2.24) is 5.32 Å². The molecule has 1 amide bonds. The minimum Gasteiger partial charge on any atom is -0.420 e. The highest BCUT2D eigenvalue weighted by Gasteiger charge is 2.52. The number of nitro benzene ring substituents is 2. The van der Waals surface area contributed by atoms with Gasteiger partial charge < -0.3 is 14.5 Å². The fraction of sp³-hybridized carbons (Fsp3) is 0.600. The Labute approximate surface area is 187 Å². The molecule has 1 fully saturated rings. The molecule has 12 heteroatoms. The number of benzene rings is 1. The van der Waals surface area contributed by atoms with Gasteiger partial charge in [0.1, 0.15) is 0 Å². The largest absolute Gasteiger partial charge is 0.420 e. The number of hydrogen-bond donors (Lipinski definition) is 1. The van der Waals surface area contributed by atoms with Gasteiger partial charge in [-0.3, -0.25) is 29.8 Å². The highest BCUT2D eigenvalue weighted by atomic mass is 28.3. The zero-order valence-corrected chi connectivity index (χ0v) is 20.1. The highest BCUT2D eigenvalue weighted by molar-refractivity contribution is 6.48. The van der Waals surface area contributed by atoms with E-state index in [1.54, 1.807) is 6.92 Å². The van der Waals surface area contributed by atoms with Crippen LogP contribution in [0.3, 0.4) is 0 Å². The molecule has 0 aliphatic carbocycles. The van der Waals surface area contributed by atoms with Crippen molar-refractivity contribution >= 4 is 32.3 Å². The van der Waals surface area contributed by atoms with Gasteiger partial charge in [-0.15, -0.1) is 0 Å². The Bertz CT molecular complexity index is 915. The van der Waals surface area contributed by atoms with Crippen molar-refractivity contribution in [2.45, 2.75) is 46.8 Å². The zero-order valence-electron chi connectivity index (χ0n) is 19.0. The van der Waals surface area contributed by atoms with Crippen LogP contribution < -0.4 is 10.1 Å². The van der Waals surface area contributed by atoms with E-state index in [2.05, 4.69) is 5.32 Å². The smallest absolute Gasteiger partial charge is 0.318 e. The maximum Gasteiger partial charge on any atom is 0.318 e. The third-order valence-corrected chi connectivity index (χ3v) is 6.48. The summed E-state index contributed by atoms with van der Waals surface area (Å²) in [6.45, 7) is 12.1. The molecule has 2 rings (SSSR count). The van der Waals surface area contributed by atoms with Crippen LogP contribution in [0.2, 0.25) is 13.1 Å². The van der Waals surface area contributed by atoms with Crippen LogP contribution in [0.15, 0.2) is 18.2 Å². The van der Waals surface area contributed by atoms with Gasteiger partial charge in [0.2, 0.25) is 11.7 Å². The quantitative estimate of drug-likeness (QED) is 0.145. The molecule has 1 aromatic rings. The summed E-state index contributed by atoms with van der Waals surface area (Å²) >= 11 is 0. The van der Waals surface area contributed by atoms with E-state index in [1.807, 2.05) is 33.9 Å². The molecule has 0 saturated carbocycles. The molecular weight excluding hydrogens is 438 g/mol. The number of esters is 1. The predicted octanol–water partition coefficient (Wildman–Crippen LogP) is 2.82. The molecule has 0 bridgehead atoms. The molecule has 1 aliphatic heterocycles. The monoisotopic (exact) mass is 467 g/mol. The SMILES string of the molecule is C[C@@H](C(=O)Oc1ccc([N+](=O)[O-])cc1[N+](=O)[O-])[C@H]1NC(=O)[C@H]1[C@@H](CO[SiH](C)C)C(C)(C)C. The summed E-state index contributed by atoms with van der Waals surface area (Å²) in [6.07, 6.45) is 0. The van der Waals surface area contributed by atoms with Crippen molar-refractivity contribution in [3.05, 3.63) is 38.4 Å². The lowest BCUT2D eigenvalue weighted by Gasteiger charge is -2.48. The normalized spacial score (nSPS) is 20.2. The zero-order chi connectivity index (χ0) is 24.4. The van der Waals surface area contributed by atoms with Gasteiger partial charge in [0.15, 0.2) is 9.04 Å². The summed E-state index contributed by atoms with van der Waals surface area (Å²) in [5, 5.41) is 24.9. The van der Waals surface area contributed by atoms with Gasteiger partial charge in [0, 0.05) is 12.7 Å². The van der Waals surface area contributed by atoms with E-state index in [1.165, 1.54) is 0 Å². The van der Waals surface area contributed by atoms with Crippen LogP contribution in [0.4, 0.5) is 11.4 Å². The molecule has 0 spiro atoms. The van der Waals surface area contributed by atoms with Gasteiger partial charge in [0.25, 0.3) is 5.69 Å². The molecule has 176 valence electrons. The summed E-state index contributed by atoms with van der Waals surface area (Å²) in [5.74, 6) is -2.75. The number of nitrogens with one attached hydrogen (secondary N) is 1. The Morgan fingerprint density at radius 1 is 1.22 bits per heavy atom. The Morgan fingerprint density at radius 2 is 1.84 bits per heavy atom. The molecule has 32 heavy (non-hydrogen) atoms. The third kappa shape index (κ3) is 5.68. The Kier molecular flexibility index (Phi) is 7.73. The first kappa shape index (κ1) is 25.4. The van der Waals surface area contributed by atoms with Crippen LogP contribution in [0.1, 0.15) is 27.7 Å². The lowest BCUT2D eigenvalue weighted by molar-refractivity contribution is -0.394. The predicted molar refractivity (Wildman–Crippen MR) is 118 cm³/mol. The molecule has 1 aromatic carbocycles. The van der Waals surface area contributed by atoms with Gasteiger partial charge in [-0.1, -0.05) is 20.8 Å². The first-order chi connectivity index (χ1) is 14.7. The summed E-state index contributed by atoms with van der Waals surface area (Å²) < 4.78 is 11.1. The fourth-order valence-corrected chi connectivity index (χ4v) is 4.26. The molecule has 4 atom stereocenters. The van der Waals surface area contributed by atoms with Crippen LogP contribution in [0.25, 0.3) is 0 Å². The van der Waals surface area contributed by atoms with E-state index in [0.29, 0.717) is 6.61 Å². The number of hydrogen-bond acceptors (Lipinski definition) is 8. The number of nitro groups is 2. The van der Waals surface area contributed by atoms with E-state index in [0.717, 1.165) is 18.2 Å². The molecule has 11 nitrogen and oxygen atoms in total. The van der Waals surface area contributed by atoms with E-state index >= 15 is 0 Å². The standard InChI is InChI=1S/C20H29N3O8Si/c1-11(17-16(18(24)21-17)13(20(2,3)4)10-30-32(5)6)19(25)31-15-8-7-12(22(26)27)9-14(15)23(28)29/h7-9,11,13,16-17,32H,10H2,1-6H3,(H,21,24)/t11-,13-,16+,17-/m1/s1. The number of rotatable bonds is 9. The minimum atomic E-state index is -1.32. The van der Waals surface area contributed by atoms with Crippen molar-refractivity contribution in [3.8, 4) is 5.75 Å². The van der Waals surface area contributed by atoms with Crippen LogP contribution >= 0.6 is 0 Å². The molecular formula is C20H29N3O8Si. The number of nitrogens with zero attached hydrogens (tertiary/aromatic N) is 2. The number of carbonyl (C=O) groups excluding carboxylic acids is 2. The average Bonchev–Trinajstić information content (AvgIpc) is 2.67. The first-order valence-corrected chi connectivity index (χ1v) is 13.1. The molecule has 0 radical (unpaired) electrons. The van der Waals surface area contributed by atoms with E-state index in [4.69, 9.17) is 9.16 Å². The number of β-lactam (4-membered cyclic amide) rings is 1. The maximum absolute atomic E-state index is 12.8. The van der Waals surface area contributed by atoms with Crippen molar-refractivity contribution in [1.29, 1.82) is 0 Å². The fourth-order valence-electron chi connectivity index (χ4n) is 3.67. The van der Waals surface area contributed by atoms with Crippen LogP contribution in [0, 0.1) is 43.4 Å². The highest BCUT2D eigenvalue weighted by Crippen LogP contribution is 2.40. The Morgan fingerprint density at radius 3 is 2.31 bits per heavy atom. The number of amides is 1. The second kappa shape index (κ2) is 9.73. The van der Waals surface area contributed by atoms with Crippen molar-refractivity contribution in [2.24, 2.45) is 23.2 Å². The topological polar surface area (TPSA) is 151 Å². The second-order valence-corrected chi connectivity index (χ2v) is 11.7. The molecule has 1 saturated heterocycles. The lowest BCUT2D eigenvalue weighted by Crippen LogP contribution is -2.66. The molecule has 1 heterocycles. The minimum absolute atomic E-state index is 0.139. The third-order valence-electron chi connectivity index (χ3n) is 5.62. The first-order valence-electron chi connectivity index (χ1n) is 10.3. The van der Waals surface area contributed by atoms with E-state index < -0.39 is 54.1 Å². The number of non-ortho nitro benzene ring substituents is 1. The second-order valence-electron chi connectivity index (χ2n) is 9.29. The molecule has 1 N–H and O–H groups in total. The molecule has 0 aromatic heterocycles. The summed E-state index contributed by atoms with van der Waals surface area (Å²) in [4.78, 5) is 45.8. The molecule has 0 unspecified atom stereocenters. The average molecular weight is 468 g/mol. The van der Waals surface area contributed by atoms with Crippen LogP contribution in [0.5, 0.6) is 5.75 Å². The van der Waals surface area contributed by atoms with Gasteiger partial charge in [-0.25, -0.2) is 0 Å². The maximum atomic E-state index is 12.8. The van der Waals surface area contributed by atoms with Crippen LogP contribution in [-0.4, -0.2) is 43.4 Å².